The third kappa shape index (κ3) is 3.65. The van der Waals surface area contributed by atoms with Gasteiger partial charge in [-0.2, -0.15) is 13.7 Å². The van der Waals surface area contributed by atoms with Crippen LogP contribution in [-0.4, -0.2) is 24.8 Å². The van der Waals surface area contributed by atoms with E-state index in [0.29, 0.717) is 34.9 Å². The fraction of sp³-hybridized carbons (Fsp3) is 0.0500. The minimum atomic E-state index is -0.211. The van der Waals surface area contributed by atoms with Crippen LogP contribution in [0.2, 0.25) is 0 Å². The molecule has 9 heteroatoms. The number of hydrogen-bond donors (Lipinski definition) is 1. The highest BCUT2D eigenvalue weighted by Crippen LogP contribution is 2.24. The van der Waals surface area contributed by atoms with Gasteiger partial charge in [0.1, 0.15) is 11.0 Å². The Morgan fingerprint density at radius 2 is 1.93 bits per heavy atom. The van der Waals surface area contributed by atoms with Crippen LogP contribution >= 0.6 is 23.1 Å². The Morgan fingerprint density at radius 1 is 1.03 bits per heavy atom. The summed E-state index contributed by atoms with van der Waals surface area (Å²) in [5, 5.41) is 8.98. The van der Waals surface area contributed by atoms with Crippen LogP contribution in [0.15, 0.2) is 64.5 Å². The largest absolute Gasteiger partial charge is 0.339 e. The second-order valence-corrected chi connectivity index (χ2v) is 7.72. The molecule has 0 radical (unpaired) electrons. The molecule has 2 aromatic carbocycles. The predicted octanol–water partition coefficient (Wildman–Crippen LogP) is 4.65. The molecule has 0 saturated carbocycles. The van der Waals surface area contributed by atoms with Crippen molar-refractivity contribution in [1.29, 1.82) is 0 Å². The highest BCUT2D eigenvalue weighted by molar-refractivity contribution is 7.13. The zero-order chi connectivity index (χ0) is 19.6. The maximum absolute atomic E-state index is 12.7. The molecular formula is C20H13N5O2S2. The smallest absolute Gasteiger partial charge is 0.255 e. The van der Waals surface area contributed by atoms with Crippen molar-refractivity contribution in [2.45, 2.75) is 6.42 Å². The standard InChI is InChI=1S/C20H13N5O2S2/c26-20(13-7-8-15-16(10-13)25-29-24-15)21-14-5-2-1-4-12(14)11-18-22-19(23-27-18)17-6-3-9-28-17/h1-10H,11H2,(H,21,26). The summed E-state index contributed by atoms with van der Waals surface area (Å²) in [5.74, 6) is 0.851. The SMILES string of the molecule is O=C(Nc1ccccc1Cc1nc(-c2cccs2)no1)c1ccc2nsnc2c1. The van der Waals surface area contributed by atoms with Gasteiger partial charge >= 0.3 is 0 Å². The molecule has 5 rings (SSSR count). The second-order valence-electron chi connectivity index (χ2n) is 6.24. The van der Waals surface area contributed by atoms with Crippen molar-refractivity contribution in [2.24, 2.45) is 0 Å². The third-order valence-electron chi connectivity index (χ3n) is 4.33. The minimum Gasteiger partial charge on any atom is -0.339 e. The summed E-state index contributed by atoms with van der Waals surface area (Å²) in [7, 11) is 0. The number of para-hydroxylation sites is 1. The average molecular weight is 419 g/mol. The van der Waals surface area contributed by atoms with Crippen LogP contribution in [0.5, 0.6) is 0 Å². The molecule has 0 spiro atoms. The monoisotopic (exact) mass is 419 g/mol. The summed E-state index contributed by atoms with van der Waals surface area (Å²) >= 11 is 2.68. The quantitative estimate of drug-likeness (QED) is 0.446. The van der Waals surface area contributed by atoms with Crippen molar-refractivity contribution in [1.82, 2.24) is 18.9 Å². The Hall–Kier alpha value is -3.43. The van der Waals surface area contributed by atoms with Gasteiger partial charge in [0, 0.05) is 11.3 Å². The Morgan fingerprint density at radius 3 is 2.83 bits per heavy atom. The first-order chi connectivity index (χ1) is 14.3. The third-order valence-corrected chi connectivity index (χ3v) is 5.76. The van der Waals surface area contributed by atoms with Crippen molar-refractivity contribution in [2.75, 3.05) is 5.32 Å². The topological polar surface area (TPSA) is 93.8 Å². The van der Waals surface area contributed by atoms with Crippen molar-refractivity contribution < 1.29 is 9.32 Å². The van der Waals surface area contributed by atoms with E-state index in [9.17, 15) is 4.79 Å². The van der Waals surface area contributed by atoms with Gasteiger partial charge in [0.15, 0.2) is 0 Å². The molecule has 3 aromatic heterocycles. The summed E-state index contributed by atoms with van der Waals surface area (Å²) in [4.78, 5) is 18.2. The van der Waals surface area contributed by atoms with E-state index in [1.165, 1.54) is 0 Å². The number of hydrogen-bond acceptors (Lipinski definition) is 8. The zero-order valence-electron chi connectivity index (χ0n) is 14.9. The van der Waals surface area contributed by atoms with Crippen LogP contribution in [0.3, 0.4) is 0 Å². The van der Waals surface area contributed by atoms with Gasteiger partial charge in [0.25, 0.3) is 5.91 Å². The van der Waals surface area contributed by atoms with Crippen LogP contribution in [-0.2, 0) is 6.42 Å². The van der Waals surface area contributed by atoms with Crippen molar-refractivity contribution in [3.63, 3.8) is 0 Å². The number of thiophene rings is 1. The normalized spacial score (nSPS) is 11.0. The van der Waals surface area contributed by atoms with E-state index in [1.54, 1.807) is 29.5 Å². The molecule has 3 heterocycles. The van der Waals surface area contributed by atoms with Gasteiger partial charge in [-0.1, -0.05) is 29.4 Å². The Bertz CT molecular complexity index is 1290. The van der Waals surface area contributed by atoms with E-state index in [0.717, 1.165) is 27.7 Å². The lowest BCUT2D eigenvalue weighted by Crippen LogP contribution is -2.13. The van der Waals surface area contributed by atoms with Gasteiger partial charge in [0.05, 0.1) is 23.0 Å². The lowest BCUT2D eigenvalue weighted by Gasteiger charge is -2.09. The molecule has 0 saturated heterocycles. The number of rotatable bonds is 5. The van der Waals surface area contributed by atoms with Crippen molar-refractivity contribution in [3.8, 4) is 10.7 Å². The summed E-state index contributed by atoms with van der Waals surface area (Å²) in [6, 6.07) is 16.7. The Kier molecular flexibility index (Phi) is 4.59. The van der Waals surface area contributed by atoms with Crippen LogP contribution in [0.4, 0.5) is 5.69 Å². The number of carbonyl (C=O) groups is 1. The molecule has 29 heavy (non-hydrogen) atoms. The van der Waals surface area contributed by atoms with E-state index in [2.05, 4.69) is 24.2 Å². The second kappa shape index (κ2) is 7.53. The molecule has 0 aliphatic heterocycles. The number of nitrogens with one attached hydrogen (secondary N) is 1. The lowest BCUT2D eigenvalue weighted by molar-refractivity contribution is 0.102. The molecule has 0 aliphatic carbocycles. The van der Waals surface area contributed by atoms with Crippen molar-refractivity contribution in [3.05, 3.63) is 77.0 Å². The van der Waals surface area contributed by atoms with Crippen LogP contribution < -0.4 is 5.32 Å². The van der Waals surface area contributed by atoms with Crippen LogP contribution in [0.25, 0.3) is 21.7 Å². The summed E-state index contributed by atoms with van der Waals surface area (Å²) in [6.45, 7) is 0. The van der Waals surface area contributed by atoms with Gasteiger partial charge in [0.2, 0.25) is 11.7 Å². The van der Waals surface area contributed by atoms with E-state index in [1.807, 2.05) is 41.8 Å². The molecule has 0 unspecified atom stereocenters. The molecule has 0 aliphatic rings. The number of anilines is 1. The molecule has 142 valence electrons. The van der Waals surface area contributed by atoms with Gasteiger partial charge in [-0.05, 0) is 41.3 Å². The number of benzene rings is 2. The van der Waals surface area contributed by atoms with Gasteiger partial charge in [-0.3, -0.25) is 4.79 Å². The average Bonchev–Trinajstić information content (AvgIpc) is 3.50. The van der Waals surface area contributed by atoms with Gasteiger partial charge in [-0.15, -0.1) is 11.3 Å². The molecule has 1 amide bonds. The van der Waals surface area contributed by atoms with E-state index in [-0.39, 0.29) is 5.91 Å². The lowest BCUT2D eigenvalue weighted by atomic mass is 10.1. The van der Waals surface area contributed by atoms with E-state index >= 15 is 0 Å². The van der Waals surface area contributed by atoms with Crippen LogP contribution in [0, 0.1) is 0 Å². The highest BCUT2D eigenvalue weighted by Gasteiger charge is 2.14. The number of nitrogens with zero attached hydrogens (tertiary/aromatic N) is 4. The fourth-order valence-corrected chi connectivity index (χ4v) is 4.08. The first kappa shape index (κ1) is 17.7. The number of aromatic nitrogens is 4. The van der Waals surface area contributed by atoms with Crippen molar-refractivity contribution >= 4 is 45.7 Å². The molecule has 5 aromatic rings. The maximum Gasteiger partial charge on any atom is 0.255 e. The first-order valence-corrected chi connectivity index (χ1v) is 10.4. The van der Waals surface area contributed by atoms with Gasteiger partial charge in [-0.25, -0.2) is 0 Å². The summed E-state index contributed by atoms with van der Waals surface area (Å²) in [5.41, 5.74) is 3.61. The molecular weight excluding hydrogens is 406 g/mol. The fourth-order valence-electron chi connectivity index (χ4n) is 2.91. The molecule has 0 fully saturated rings. The molecule has 0 bridgehead atoms. The maximum atomic E-state index is 12.7. The predicted molar refractivity (Wildman–Crippen MR) is 112 cm³/mol. The van der Waals surface area contributed by atoms with E-state index < -0.39 is 0 Å². The minimum absolute atomic E-state index is 0.211. The summed E-state index contributed by atoms with van der Waals surface area (Å²) in [6.07, 6.45) is 0.421. The van der Waals surface area contributed by atoms with Crippen LogP contribution in [0.1, 0.15) is 21.8 Å². The molecule has 7 nitrogen and oxygen atoms in total. The Labute approximate surface area is 173 Å². The number of fused-ring (bicyclic) bond motifs is 1. The zero-order valence-corrected chi connectivity index (χ0v) is 16.5. The number of amides is 1. The van der Waals surface area contributed by atoms with Gasteiger partial charge < -0.3 is 9.84 Å². The molecule has 0 atom stereocenters. The molecule has 1 N–H and O–H groups in total. The Balaban J connectivity index is 1.37. The highest BCUT2D eigenvalue weighted by atomic mass is 32.1. The summed E-state index contributed by atoms with van der Waals surface area (Å²) < 4.78 is 13.7. The number of carbonyl (C=O) groups excluding carboxylic acids is 1. The van der Waals surface area contributed by atoms with E-state index in [4.69, 9.17) is 4.52 Å². The first-order valence-electron chi connectivity index (χ1n) is 8.74.